The van der Waals surface area contributed by atoms with Crippen LogP contribution in [0.1, 0.15) is 62.3 Å². The summed E-state index contributed by atoms with van der Waals surface area (Å²) in [5.74, 6) is -3.21. The van der Waals surface area contributed by atoms with Gasteiger partial charge in [0.2, 0.25) is 11.8 Å². The van der Waals surface area contributed by atoms with E-state index < -0.39 is 24.1 Å². The molecule has 0 radical (unpaired) electrons. The minimum Gasteiger partial charge on any atom is -0.471 e. The van der Waals surface area contributed by atoms with E-state index in [4.69, 9.17) is 4.74 Å². The number of carbonyl (C=O) groups excluding carboxylic acids is 1. The summed E-state index contributed by atoms with van der Waals surface area (Å²) in [6.45, 7) is 2.26. The van der Waals surface area contributed by atoms with Crippen LogP contribution in [0.5, 0.6) is 5.88 Å². The topological polar surface area (TPSA) is 60.2 Å². The van der Waals surface area contributed by atoms with Crippen molar-refractivity contribution in [2.45, 2.75) is 76.3 Å². The summed E-state index contributed by atoms with van der Waals surface area (Å²) in [4.78, 5) is 19.1. The number of Topliss-reactive ketones (excluding diaryl/α,β-unsaturated/α-hetero) is 1. The molecule has 1 aliphatic carbocycles. The van der Waals surface area contributed by atoms with Gasteiger partial charge in [0.25, 0.3) is 5.92 Å². The minimum atomic E-state index is -2.92. The summed E-state index contributed by atoms with van der Waals surface area (Å²) in [5, 5.41) is 3.64. The number of alkyl halides is 3. The lowest BCUT2D eigenvalue weighted by Crippen LogP contribution is -2.36. The number of carbonyl (C=O) groups is 1. The van der Waals surface area contributed by atoms with Gasteiger partial charge in [-0.05, 0) is 50.0 Å². The first kappa shape index (κ1) is 27.5. The predicted octanol–water partition coefficient (Wildman–Crippen LogP) is 4.88. The van der Waals surface area contributed by atoms with Gasteiger partial charge in [0.1, 0.15) is 11.5 Å². The minimum absolute atomic E-state index is 0.0296. The largest absolute Gasteiger partial charge is 0.471 e. The Morgan fingerprint density at radius 1 is 1.22 bits per heavy atom. The van der Waals surface area contributed by atoms with E-state index >= 15 is 4.39 Å². The van der Waals surface area contributed by atoms with Gasteiger partial charge in [0.05, 0.1) is 0 Å². The molecule has 0 atom stereocenters. The van der Waals surface area contributed by atoms with Crippen LogP contribution in [0.4, 0.5) is 17.6 Å². The molecule has 1 saturated carbocycles. The van der Waals surface area contributed by atoms with E-state index in [0.29, 0.717) is 57.1 Å². The molecule has 0 amide bonds. The zero-order chi connectivity index (χ0) is 26.6. The molecule has 2 aromatic rings. The van der Waals surface area contributed by atoms with Crippen molar-refractivity contribution in [2.24, 2.45) is 13.0 Å². The van der Waals surface area contributed by atoms with Crippen LogP contribution in [-0.2, 0) is 31.1 Å². The monoisotopic (exact) mass is 524 g/mol. The first-order valence-electron chi connectivity index (χ1n) is 13.1. The number of fused-ring (bicyclic) bond motifs is 1. The van der Waals surface area contributed by atoms with Gasteiger partial charge in [-0.25, -0.2) is 18.2 Å². The third-order valence-corrected chi connectivity index (χ3v) is 7.51. The molecule has 0 bridgehead atoms. The highest BCUT2D eigenvalue weighted by molar-refractivity contribution is 5.81. The standard InChI is InChI=1S/C27H36F4N4O2/c1-26(29,30)18-37-24-4-3-20-7-12-35(13-8-23(20)32-24)14-11-27(31)9-5-19(6-10-27)15-22(36)16-21-17-34(2)33-25(21)28/h3-4,17,19H,5-16,18H2,1-2H3. The lowest BCUT2D eigenvalue weighted by Gasteiger charge is -2.35. The van der Waals surface area contributed by atoms with Gasteiger partial charge >= 0.3 is 0 Å². The van der Waals surface area contributed by atoms with Crippen LogP contribution in [0.2, 0.25) is 0 Å². The number of ether oxygens (including phenoxy) is 1. The van der Waals surface area contributed by atoms with E-state index in [0.717, 1.165) is 37.7 Å². The second kappa shape index (κ2) is 11.5. The molecule has 3 heterocycles. The average Bonchev–Trinajstić information content (AvgIpc) is 3.02. The molecule has 2 aromatic heterocycles. The van der Waals surface area contributed by atoms with Crippen molar-refractivity contribution >= 4 is 5.78 Å². The third-order valence-electron chi connectivity index (χ3n) is 7.51. The number of halogens is 4. The van der Waals surface area contributed by atoms with Gasteiger partial charge < -0.3 is 9.64 Å². The normalized spacial score (nSPS) is 22.9. The van der Waals surface area contributed by atoms with Crippen LogP contribution < -0.4 is 4.74 Å². The molecule has 0 unspecified atom stereocenters. The Kier molecular flexibility index (Phi) is 8.56. The fraction of sp³-hybridized carbons (Fsp3) is 0.667. The highest BCUT2D eigenvalue weighted by Crippen LogP contribution is 2.39. The number of hydrogen-bond donors (Lipinski definition) is 0. The number of ketones is 1. The summed E-state index contributed by atoms with van der Waals surface area (Å²) in [6.07, 6.45) is 5.97. The van der Waals surface area contributed by atoms with Gasteiger partial charge in [-0.1, -0.05) is 6.07 Å². The maximum absolute atomic E-state index is 15.6. The molecule has 37 heavy (non-hydrogen) atoms. The van der Waals surface area contributed by atoms with Crippen LogP contribution >= 0.6 is 0 Å². The molecule has 0 saturated heterocycles. The quantitative estimate of drug-likeness (QED) is 0.415. The Morgan fingerprint density at radius 3 is 2.62 bits per heavy atom. The van der Waals surface area contributed by atoms with E-state index in [-0.39, 0.29) is 24.0 Å². The summed E-state index contributed by atoms with van der Waals surface area (Å²) in [7, 11) is 1.62. The number of aryl methyl sites for hydroxylation is 1. The molecule has 4 rings (SSSR count). The van der Waals surface area contributed by atoms with Crippen molar-refractivity contribution in [3.8, 4) is 5.88 Å². The number of pyridine rings is 1. The predicted molar refractivity (Wildman–Crippen MR) is 131 cm³/mol. The molecular formula is C27H36F4N4O2. The highest BCUT2D eigenvalue weighted by Gasteiger charge is 2.36. The highest BCUT2D eigenvalue weighted by atomic mass is 19.3. The van der Waals surface area contributed by atoms with Crippen molar-refractivity contribution in [3.05, 3.63) is 41.1 Å². The molecule has 1 fully saturated rings. The second-order valence-corrected chi connectivity index (χ2v) is 10.8. The Morgan fingerprint density at radius 2 is 1.95 bits per heavy atom. The van der Waals surface area contributed by atoms with Gasteiger partial charge in [0.15, 0.2) is 6.61 Å². The van der Waals surface area contributed by atoms with Crippen molar-refractivity contribution in [3.63, 3.8) is 0 Å². The Bertz CT molecular complexity index is 1080. The fourth-order valence-corrected chi connectivity index (χ4v) is 5.36. The summed E-state index contributed by atoms with van der Waals surface area (Å²) in [6, 6.07) is 3.52. The van der Waals surface area contributed by atoms with Crippen LogP contribution in [0.3, 0.4) is 0 Å². The molecule has 0 N–H and O–H groups in total. The zero-order valence-corrected chi connectivity index (χ0v) is 21.6. The molecule has 2 aliphatic rings. The molecule has 1 aliphatic heterocycles. The van der Waals surface area contributed by atoms with Crippen LogP contribution in [0.15, 0.2) is 18.3 Å². The maximum Gasteiger partial charge on any atom is 0.278 e. The van der Waals surface area contributed by atoms with Crippen molar-refractivity contribution in [1.29, 1.82) is 0 Å². The summed E-state index contributed by atoms with van der Waals surface area (Å²) in [5.41, 5.74) is 0.998. The molecule has 0 spiro atoms. The SMILES string of the molecule is Cn1cc(CC(=O)CC2CCC(F)(CCN3CCc4ccc(OCC(C)(F)F)nc4CC3)CC2)c(F)n1. The van der Waals surface area contributed by atoms with E-state index in [9.17, 15) is 18.0 Å². The van der Waals surface area contributed by atoms with Crippen LogP contribution in [-0.4, -0.2) is 63.3 Å². The van der Waals surface area contributed by atoms with E-state index in [1.54, 1.807) is 13.1 Å². The molecule has 10 heteroatoms. The van der Waals surface area contributed by atoms with Gasteiger partial charge in [-0.3, -0.25) is 9.48 Å². The molecule has 6 nitrogen and oxygen atoms in total. The zero-order valence-electron chi connectivity index (χ0n) is 21.6. The number of hydrogen-bond acceptors (Lipinski definition) is 5. The van der Waals surface area contributed by atoms with Crippen LogP contribution in [0, 0.1) is 11.9 Å². The summed E-state index contributed by atoms with van der Waals surface area (Å²) < 4.78 is 62.0. The number of nitrogens with zero attached hydrogens (tertiary/aromatic N) is 4. The lowest BCUT2D eigenvalue weighted by atomic mass is 9.76. The van der Waals surface area contributed by atoms with Crippen molar-refractivity contribution in [1.82, 2.24) is 19.7 Å². The van der Waals surface area contributed by atoms with E-state index in [2.05, 4.69) is 15.0 Å². The number of rotatable bonds is 10. The van der Waals surface area contributed by atoms with Gasteiger partial charge in [0, 0.05) is 76.4 Å². The van der Waals surface area contributed by atoms with Crippen molar-refractivity contribution < 1.29 is 27.1 Å². The average molecular weight is 525 g/mol. The first-order valence-corrected chi connectivity index (χ1v) is 13.1. The van der Waals surface area contributed by atoms with Crippen molar-refractivity contribution in [2.75, 3.05) is 26.2 Å². The maximum atomic E-state index is 15.6. The van der Waals surface area contributed by atoms with Gasteiger partial charge in [-0.2, -0.15) is 4.39 Å². The molecule has 204 valence electrons. The lowest BCUT2D eigenvalue weighted by molar-refractivity contribution is -0.119. The Hall–Kier alpha value is -2.49. The van der Waals surface area contributed by atoms with E-state index in [1.165, 1.54) is 10.9 Å². The summed E-state index contributed by atoms with van der Waals surface area (Å²) >= 11 is 0. The molecular weight excluding hydrogens is 488 g/mol. The third kappa shape index (κ3) is 7.99. The van der Waals surface area contributed by atoms with Crippen LogP contribution in [0.25, 0.3) is 0 Å². The second-order valence-electron chi connectivity index (χ2n) is 10.8. The first-order chi connectivity index (χ1) is 17.5. The Balaban J connectivity index is 1.20. The fourth-order valence-electron chi connectivity index (χ4n) is 5.36. The smallest absolute Gasteiger partial charge is 0.278 e. The molecule has 0 aromatic carbocycles. The van der Waals surface area contributed by atoms with Gasteiger partial charge in [-0.15, -0.1) is 5.10 Å². The Labute approximate surface area is 215 Å². The van der Waals surface area contributed by atoms with E-state index in [1.807, 2.05) is 6.07 Å². The number of aromatic nitrogens is 3.